The van der Waals surface area contributed by atoms with Crippen LogP contribution < -0.4 is 4.90 Å². The molecule has 1 unspecified atom stereocenters. The first-order valence-electron chi connectivity index (χ1n) is 8.43. The number of piperazine rings is 1. The third-order valence-electron chi connectivity index (χ3n) is 4.60. The van der Waals surface area contributed by atoms with Crippen molar-refractivity contribution in [3.63, 3.8) is 0 Å². The van der Waals surface area contributed by atoms with Crippen LogP contribution >= 0.6 is 11.5 Å². The predicted molar refractivity (Wildman–Crippen MR) is 97.6 cm³/mol. The van der Waals surface area contributed by atoms with Crippen molar-refractivity contribution in [2.45, 2.75) is 13.5 Å². The number of rotatable bonds is 4. The van der Waals surface area contributed by atoms with E-state index in [1.54, 1.807) is 11.0 Å². The molecule has 8 heteroatoms. The van der Waals surface area contributed by atoms with Crippen molar-refractivity contribution >= 4 is 33.3 Å². The van der Waals surface area contributed by atoms with Crippen LogP contribution in [0, 0.1) is 5.92 Å². The van der Waals surface area contributed by atoms with Gasteiger partial charge in [0.15, 0.2) is 0 Å². The van der Waals surface area contributed by atoms with Crippen LogP contribution in [0.1, 0.15) is 6.92 Å². The third kappa shape index (κ3) is 3.21. The van der Waals surface area contributed by atoms with E-state index in [0.29, 0.717) is 6.54 Å². The highest BCUT2D eigenvalue weighted by Crippen LogP contribution is 2.29. The largest absolute Gasteiger partial charge is 0.352 e. The molecule has 0 N–H and O–H groups in total. The summed E-state index contributed by atoms with van der Waals surface area (Å²) in [7, 11) is 0. The summed E-state index contributed by atoms with van der Waals surface area (Å²) in [6.07, 6.45) is 3.14. The number of anilines is 1. The van der Waals surface area contributed by atoms with E-state index in [-0.39, 0.29) is 11.8 Å². The van der Waals surface area contributed by atoms with E-state index in [4.69, 9.17) is 0 Å². The van der Waals surface area contributed by atoms with Crippen LogP contribution in [0.5, 0.6) is 0 Å². The van der Waals surface area contributed by atoms with Crippen molar-refractivity contribution in [2.75, 3.05) is 31.1 Å². The fourth-order valence-corrected chi connectivity index (χ4v) is 4.03. The van der Waals surface area contributed by atoms with Gasteiger partial charge in [-0.15, -0.1) is 0 Å². The molecule has 0 bridgehead atoms. The van der Waals surface area contributed by atoms with E-state index >= 15 is 0 Å². The van der Waals surface area contributed by atoms with Crippen LogP contribution in [0.25, 0.3) is 10.1 Å². The van der Waals surface area contributed by atoms with Gasteiger partial charge >= 0.3 is 0 Å². The minimum absolute atomic E-state index is 0.103. The fraction of sp³-hybridized carbons (Fsp3) is 0.412. The van der Waals surface area contributed by atoms with Crippen LogP contribution in [0.3, 0.4) is 0 Å². The Balaban J connectivity index is 1.38. The lowest BCUT2D eigenvalue weighted by atomic mass is 10.1. The molecule has 0 radical (unpaired) electrons. The van der Waals surface area contributed by atoms with E-state index in [9.17, 15) is 4.79 Å². The Morgan fingerprint density at radius 1 is 1.24 bits per heavy atom. The van der Waals surface area contributed by atoms with Crippen molar-refractivity contribution in [1.82, 2.24) is 24.0 Å². The van der Waals surface area contributed by atoms with Crippen LogP contribution in [0.4, 0.5) is 5.82 Å². The van der Waals surface area contributed by atoms with Gasteiger partial charge in [0.2, 0.25) is 5.91 Å². The summed E-state index contributed by atoms with van der Waals surface area (Å²) >= 11 is 1.53. The van der Waals surface area contributed by atoms with Crippen molar-refractivity contribution in [2.24, 2.45) is 5.92 Å². The van der Waals surface area contributed by atoms with Gasteiger partial charge < -0.3 is 9.80 Å². The lowest BCUT2D eigenvalue weighted by Gasteiger charge is -2.36. The highest BCUT2D eigenvalue weighted by atomic mass is 32.1. The molecule has 0 spiro atoms. The number of amides is 1. The van der Waals surface area contributed by atoms with E-state index in [2.05, 4.69) is 31.5 Å². The molecule has 25 heavy (non-hydrogen) atoms. The van der Waals surface area contributed by atoms with Gasteiger partial charge in [-0.2, -0.15) is 9.47 Å². The normalized spacial score (nSPS) is 16.4. The Kier molecular flexibility index (Phi) is 4.35. The number of benzene rings is 1. The molecule has 1 fully saturated rings. The fourth-order valence-electron chi connectivity index (χ4n) is 3.24. The van der Waals surface area contributed by atoms with Crippen molar-refractivity contribution < 1.29 is 4.79 Å². The highest BCUT2D eigenvalue weighted by Gasteiger charge is 2.26. The average Bonchev–Trinajstić information content (AvgIpc) is 3.31. The molecule has 1 aliphatic heterocycles. The Morgan fingerprint density at radius 2 is 2.04 bits per heavy atom. The van der Waals surface area contributed by atoms with Crippen LogP contribution in [-0.2, 0) is 11.3 Å². The maximum Gasteiger partial charge on any atom is 0.227 e. The highest BCUT2D eigenvalue weighted by molar-refractivity contribution is 7.13. The lowest BCUT2D eigenvalue weighted by Crippen LogP contribution is -2.50. The summed E-state index contributed by atoms with van der Waals surface area (Å²) in [4.78, 5) is 20.8. The summed E-state index contributed by atoms with van der Waals surface area (Å²) in [5.74, 6) is 1.12. The smallest absolute Gasteiger partial charge is 0.227 e. The lowest BCUT2D eigenvalue weighted by molar-refractivity contribution is -0.135. The van der Waals surface area contributed by atoms with Crippen molar-refractivity contribution in [1.29, 1.82) is 0 Å². The first-order chi connectivity index (χ1) is 12.2. The number of hydrogen-bond donors (Lipinski definition) is 0. The van der Waals surface area contributed by atoms with Crippen molar-refractivity contribution in [3.8, 4) is 0 Å². The van der Waals surface area contributed by atoms with Gasteiger partial charge in [0.25, 0.3) is 0 Å². The van der Waals surface area contributed by atoms with Gasteiger partial charge in [0.1, 0.15) is 18.5 Å². The number of aromatic nitrogens is 4. The molecular formula is C17H20N6OS. The molecule has 7 nitrogen and oxygen atoms in total. The molecule has 1 amide bonds. The maximum atomic E-state index is 12.7. The molecule has 0 saturated carbocycles. The molecule has 1 aliphatic rings. The summed E-state index contributed by atoms with van der Waals surface area (Å²) in [6.45, 7) is 5.60. The quantitative estimate of drug-likeness (QED) is 0.714. The topological polar surface area (TPSA) is 67.2 Å². The molecule has 2 aromatic heterocycles. The summed E-state index contributed by atoms with van der Waals surface area (Å²) in [5, 5.41) is 5.28. The Morgan fingerprint density at radius 3 is 2.80 bits per heavy atom. The summed E-state index contributed by atoms with van der Waals surface area (Å²) in [6, 6.07) is 8.30. The van der Waals surface area contributed by atoms with Crippen LogP contribution in [0.15, 0.2) is 36.9 Å². The Bertz CT molecular complexity index is 853. The number of nitrogens with zero attached hydrogens (tertiary/aromatic N) is 6. The maximum absolute atomic E-state index is 12.7. The Hall–Kier alpha value is -2.48. The van der Waals surface area contributed by atoms with Crippen LogP contribution in [0.2, 0.25) is 0 Å². The zero-order chi connectivity index (χ0) is 17.2. The average molecular weight is 356 g/mol. The second-order valence-corrected chi connectivity index (χ2v) is 7.14. The van der Waals surface area contributed by atoms with E-state index < -0.39 is 0 Å². The van der Waals surface area contributed by atoms with Gasteiger partial charge in [0.05, 0.1) is 17.2 Å². The number of carbonyl (C=O) groups excluding carboxylic acids is 1. The minimum atomic E-state index is -0.103. The minimum Gasteiger partial charge on any atom is -0.352 e. The standard InChI is InChI=1S/C17H20N6OS/c1-13(10-23-12-18-11-19-23)17(24)22-8-6-21(7-9-22)16-14-4-2-3-5-15(14)25-20-16/h2-5,11-13H,6-10H2,1H3. The first-order valence-corrected chi connectivity index (χ1v) is 9.20. The molecule has 1 aromatic carbocycles. The molecule has 3 heterocycles. The molecular weight excluding hydrogens is 336 g/mol. The monoisotopic (exact) mass is 356 g/mol. The molecule has 1 atom stereocenters. The van der Waals surface area contributed by atoms with Gasteiger partial charge in [-0.3, -0.25) is 9.48 Å². The van der Waals surface area contributed by atoms with Gasteiger partial charge in [-0.05, 0) is 23.7 Å². The van der Waals surface area contributed by atoms with E-state index in [0.717, 1.165) is 32.0 Å². The van der Waals surface area contributed by atoms with Gasteiger partial charge in [0, 0.05) is 31.6 Å². The van der Waals surface area contributed by atoms with Gasteiger partial charge in [-0.25, -0.2) is 4.98 Å². The first kappa shape index (κ1) is 16.0. The molecule has 3 aromatic rings. The SMILES string of the molecule is CC(Cn1cncn1)C(=O)N1CCN(c2nsc3ccccc23)CC1. The van der Waals surface area contributed by atoms with E-state index in [1.807, 2.05) is 24.0 Å². The second-order valence-electron chi connectivity index (χ2n) is 6.33. The molecule has 1 saturated heterocycles. The van der Waals surface area contributed by atoms with Crippen molar-refractivity contribution in [3.05, 3.63) is 36.9 Å². The van der Waals surface area contributed by atoms with Crippen LogP contribution in [-0.4, -0.2) is 56.1 Å². The summed E-state index contributed by atoms with van der Waals surface area (Å²) in [5.41, 5.74) is 0. The molecule has 130 valence electrons. The number of hydrogen-bond acceptors (Lipinski definition) is 6. The Labute approximate surface area is 150 Å². The zero-order valence-corrected chi connectivity index (χ0v) is 14.9. The predicted octanol–water partition coefficient (Wildman–Crippen LogP) is 1.87. The molecule has 0 aliphatic carbocycles. The zero-order valence-electron chi connectivity index (χ0n) is 14.1. The van der Waals surface area contributed by atoms with E-state index in [1.165, 1.54) is 27.9 Å². The summed E-state index contributed by atoms with van der Waals surface area (Å²) < 4.78 is 7.53. The number of fused-ring (bicyclic) bond motifs is 1. The molecule has 4 rings (SSSR count). The van der Waals surface area contributed by atoms with Gasteiger partial charge in [-0.1, -0.05) is 19.1 Å². The second kappa shape index (κ2) is 6.79. The number of carbonyl (C=O) groups is 1. The third-order valence-corrected chi connectivity index (χ3v) is 5.42.